The highest BCUT2D eigenvalue weighted by Gasteiger charge is 2.45. The molecule has 2 bridgehead atoms. The minimum atomic E-state index is -0.562. The molecule has 0 heterocycles. The normalized spacial score (nSPS) is 35.5. The molecule has 3 nitrogen and oxygen atoms in total. The predicted molar refractivity (Wildman–Crippen MR) is 84.3 cm³/mol. The average Bonchev–Trinajstić information content (AvgIpc) is 2.93. The molecule has 1 amide bonds. The molecule has 3 atom stereocenters. The molecule has 0 aromatic rings. The van der Waals surface area contributed by atoms with Gasteiger partial charge in [0.05, 0.1) is 10.4 Å². The number of nitrogens with two attached hydrogens (primary N) is 1. The van der Waals surface area contributed by atoms with Gasteiger partial charge in [0.15, 0.2) is 0 Å². The third-order valence-electron chi connectivity index (χ3n) is 5.92. The van der Waals surface area contributed by atoms with E-state index >= 15 is 0 Å². The maximum Gasteiger partial charge on any atom is 0.233 e. The maximum atomic E-state index is 12.9. The number of carbonyl (C=O) groups excluding carboxylic acids is 1. The van der Waals surface area contributed by atoms with Gasteiger partial charge in [-0.15, -0.1) is 0 Å². The third kappa shape index (κ3) is 2.47. The molecule has 0 spiro atoms. The lowest BCUT2D eigenvalue weighted by Crippen LogP contribution is -2.52. The fourth-order valence-electron chi connectivity index (χ4n) is 4.65. The van der Waals surface area contributed by atoms with Crippen LogP contribution in [0.15, 0.2) is 0 Å². The Balaban J connectivity index is 1.70. The summed E-state index contributed by atoms with van der Waals surface area (Å²) in [5, 5.41) is 3.32. The second-order valence-corrected chi connectivity index (χ2v) is 7.56. The van der Waals surface area contributed by atoms with Crippen LogP contribution < -0.4 is 11.1 Å². The summed E-state index contributed by atoms with van der Waals surface area (Å²) in [7, 11) is 0. The van der Waals surface area contributed by atoms with Gasteiger partial charge in [0.2, 0.25) is 5.91 Å². The molecule has 3 N–H and O–H groups in total. The lowest BCUT2D eigenvalue weighted by molar-refractivity contribution is -0.129. The van der Waals surface area contributed by atoms with E-state index in [1.54, 1.807) is 0 Å². The van der Waals surface area contributed by atoms with Crippen LogP contribution in [0.1, 0.15) is 64.2 Å². The van der Waals surface area contributed by atoms with Gasteiger partial charge in [-0.05, 0) is 43.9 Å². The highest BCUT2D eigenvalue weighted by atomic mass is 32.1. The van der Waals surface area contributed by atoms with Gasteiger partial charge in [0.25, 0.3) is 0 Å². The number of thiocarbonyl (C=S) groups is 1. The van der Waals surface area contributed by atoms with Gasteiger partial charge in [-0.2, -0.15) is 0 Å². The van der Waals surface area contributed by atoms with Crippen molar-refractivity contribution >= 4 is 23.1 Å². The van der Waals surface area contributed by atoms with Crippen molar-refractivity contribution in [3.8, 4) is 0 Å². The minimum Gasteiger partial charge on any atom is -0.392 e. The fourth-order valence-corrected chi connectivity index (χ4v) is 4.94. The van der Waals surface area contributed by atoms with Crippen LogP contribution in [0.3, 0.4) is 0 Å². The number of amides is 1. The summed E-state index contributed by atoms with van der Waals surface area (Å²) in [6, 6.07) is 0.385. The Morgan fingerprint density at radius 2 is 1.80 bits per heavy atom. The topological polar surface area (TPSA) is 55.1 Å². The van der Waals surface area contributed by atoms with E-state index in [1.165, 1.54) is 38.5 Å². The fraction of sp³-hybridized carbons (Fsp3) is 0.875. The first-order valence-electron chi connectivity index (χ1n) is 8.23. The molecular formula is C16H26N2OS. The van der Waals surface area contributed by atoms with Crippen molar-refractivity contribution in [1.29, 1.82) is 0 Å². The van der Waals surface area contributed by atoms with E-state index in [9.17, 15) is 4.79 Å². The molecule has 3 saturated carbocycles. The van der Waals surface area contributed by atoms with Crippen LogP contribution >= 0.6 is 12.2 Å². The highest BCUT2D eigenvalue weighted by Crippen LogP contribution is 2.45. The highest BCUT2D eigenvalue weighted by molar-refractivity contribution is 7.80. The van der Waals surface area contributed by atoms with E-state index in [0.29, 0.717) is 16.9 Å². The number of carbonyl (C=O) groups is 1. The Hall–Kier alpha value is -0.640. The first-order valence-corrected chi connectivity index (χ1v) is 8.63. The zero-order valence-corrected chi connectivity index (χ0v) is 13.0. The zero-order chi connectivity index (χ0) is 14.2. The molecule has 3 unspecified atom stereocenters. The smallest absolute Gasteiger partial charge is 0.233 e. The molecule has 4 heteroatoms. The molecule has 0 saturated heterocycles. The molecule has 3 fully saturated rings. The second kappa shape index (κ2) is 5.63. The van der Waals surface area contributed by atoms with Crippen molar-refractivity contribution in [1.82, 2.24) is 5.32 Å². The third-order valence-corrected chi connectivity index (χ3v) is 6.31. The number of rotatable bonds is 3. The quantitative estimate of drug-likeness (QED) is 0.621. The van der Waals surface area contributed by atoms with Crippen molar-refractivity contribution in [2.24, 2.45) is 23.0 Å². The van der Waals surface area contributed by atoms with Crippen LogP contribution in [-0.4, -0.2) is 16.9 Å². The Kier molecular flexibility index (Phi) is 4.02. The van der Waals surface area contributed by atoms with Crippen LogP contribution in [0.4, 0.5) is 0 Å². The van der Waals surface area contributed by atoms with E-state index in [1.807, 2.05) is 0 Å². The van der Waals surface area contributed by atoms with Crippen LogP contribution in [0.5, 0.6) is 0 Å². The summed E-state index contributed by atoms with van der Waals surface area (Å²) in [5.74, 6) is 1.68. The van der Waals surface area contributed by atoms with E-state index in [-0.39, 0.29) is 5.91 Å². The van der Waals surface area contributed by atoms with Gasteiger partial charge in [-0.25, -0.2) is 0 Å². The molecule has 0 aromatic carbocycles. The van der Waals surface area contributed by atoms with Crippen LogP contribution in [0, 0.1) is 17.3 Å². The molecule has 0 radical (unpaired) electrons. The Bertz CT molecular complexity index is 401. The standard InChI is InChI=1S/C16H26N2OS/c17-14(20)16(7-3-1-2-4-8-16)15(19)18-13-10-11-5-6-12(13)9-11/h11-13H,1-10H2,(H2,17,20)(H,18,19). The number of fused-ring (bicyclic) bond motifs is 2. The van der Waals surface area contributed by atoms with Crippen molar-refractivity contribution in [3.05, 3.63) is 0 Å². The van der Waals surface area contributed by atoms with E-state index in [4.69, 9.17) is 18.0 Å². The Morgan fingerprint density at radius 3 is 2.30 bits per heavy atom. The van der Waals surface area contributed by atoms with Gasteiger partial charge in [0, 0.05) is 6.04 Å². The van der Waals surface area contributed by atoms with Gasteiger partial charge in [0.1, 0.15) is 0 Å². The number of hydrogen-bond donors (Lipinski definition) is 2. The monoisotopic (exact) mass is 294 g/mol. The summed E-state index contributed by atoms with van der Waals surface area (Å²) in [5.41, 5.74) is 5.43. The summed E-state index contributed by atoms with van der Waals surface area (Å²) in [6.07, 6.45) is 11.4. The zero-order valence-electron chi connectivity index (χ0n) is 12.2. The van der Waals surface area contributed by atoms with Gasteiger partial charge in [-0.3, -0.25) is 4.79 Å². The van der Waals surface area contributed by atoms with Gasteiger partial charge < -0.3 is 11.1 Å². The van der Waals surface area contributed by atoms with Crippen LogP contribution in [0.25, 0.3) is 0 Å². The first-order chi connectivity index (χ1) is 9.62. The summed E-state index contributed by atoms with van der Waals surface area (Å²) >= 11 is 5.29. The molecular weight excluding hydrogens is 268 g/mol. The van der Waals surface area contributed by atoms with Crippen LogP contribution in [0.2, 0.25) is 0 Å². The van der Waals surface area contributed by atoms with E-state index < -0.39 is 5.41 Å². The maximum absolute atomic E-state index is 12.9. The van der Waals surface area contributed by atoms with Gasteiger partial charge >= 0.3 is 0 Å². The van der Waals surface area contributed by atoms with Crippen LogP contribution in [-0.2, 0) is 4.79 Å². The SMILES string of the molecule is NC(=S)C1(C(=O)NC2CC3CCC2C3)CCCCCC1. The molecule has 3 aliphatic rings. The summed E-state index contributed by atoms with van der Waals surface area (Å²) in [4.78, 5) is 13.3. The largest absolute Gasteiger partial charge is 0.392 e. The van der Waals surface area contributed by atoms with E-state index in [2.05, 4.69) is 5.32 Å². The number of hydrogen-bond acceptors (Lipinski definition) is 2. The second-order valence-electron chi connectivity index (χ2n) is 7.12. The average molecular weight is 294 g/mol. The van der Waals surface area contributed by atoms with E-state index in [0.717, 1.165) is 31.6 Å². The lowest BCUT2D eigenvalue weighted by atomic mass is 9.78. The van der Waals surface area contributed by atoms with Crippen molar-refractivity contribution in [2.45, 2.75) is 70.3 Å². The van der Waals surface area contributed by atoms with Crippen molar-refractivity contribution in [2.75, 3.05) is 0 Å². The molecule has 0 aliphatic heterocycles. The van der Waals surface area contributed by atoms with Crippen molar-refractivity contribution < 1.29 is 4.79 Å². The van der Waals surface area contributed by atoms with Gasteiger partial charge in [-0.1, -0.05) is 44.3 Å². The molecule has 0 aromatic heterocycles. The van der Waals surface area contributed by atoms with Crippen molar-refractivity contribution in [3.63, 3.8) is 0 Å². The molecule has 20 heavy (non-hydrogen) atoms. The molecule has 112 valence electrons. The minimum absolute atomic E-state index is 0.129. The molecule has 3 aliphatic carbocycles. The Labute approximate surface area is 127 Å². The molecule has 3 rings (SSSR count). The summed E-state index contributed by atoms with van der Waals surface area (Å²) in [6.45, 7) is 0. The summed E-state index contributed by atoms with van der Waals surface area (Å²) < 4.78 is 0. The lowest BCUT2D eigenvalue weighted by Gasteiger charge is -2.33. The number of nitrogens with one attached hydrogen (secondary N) is 1. The first kappa shape index (κ1) is 14.3. The predicted octanol–water partition coefficient (Wildman–Crippen LogP) is 2.92. The Morgan fingerprint density at radius 1 is 1.10 bits per heavy atom.